The number of nitrogens with zero attached hydrogens (tertiary/aromatic N) is 1. The number of benzene rings is 1. The van der Waals surface area contributed by atoms with Crippen LogP contribution in [0.1, 0.15) is 16.1 Å². The molecule has 0 saturated heterocycles. The van der Waals surface area contributed by atoms with E-state index < -0.39 is 0 Å². The number of hydrogen-bond donors (Lipinski definition) is 1. The van der Waals surface area contributed by atoms with Gasteiger partial charge in [-0.25, -0.2) is 4.98 Å². The van der Waals surface area contributed by atoms with Crippen LogP contribution in [0.15, 0.2) is 47.2 Å². The number of thiazole rings is 1. The molecule has 6 heteroatoms. The van der Waals surface area contributed by atoms with Gasteiger partial charge in [-0.1, -0.05) is 24.3 Å². The van der Waals surface area contributed by atoms with Gasteiger partial charge in [0.15, 0.2) is 0 Å². The number of para-hydroxylation sites is 1. The fourth-order valence-corrected chi connectivity index (χ4v) is 3.62. The molecule has 22 heavy (non-hydrogen) atoms. The molecule has 0 fully saturated rings. The summed E-state index contributed by atoms with van der Waals surface area (Å²) in [6.07, 6.45) is 0. The summed E-state index contributed by atoms with van der Waals surface area (Å²) in [5.41, 5.74) is 1.38. The molecule has 0 spiro atoms. The van der Waals surface area contributed by atoms with Gasteiger partial charge < -0.3 is 10.1 Å². The SMILES string of the molecule is COc1ccccc1CNC(=O)c1csc(-c2cccs2)n1. The molecule has 3 aromatic rings. The van der Waals surface area contributed by atoms with Crippen LogP contribution in [0.3, 0.4) is 0 Å². The van der Waals surface area contributed by atoms with Gasteiger partial charge in [-0.3, -0.25) is 4.79 Å². The van der Waals surface area contributed by atoms with Crippen LogP contribution in [0.2, 0.25) is 0 Å². The molecule has 112 valence electrons. The van der Waals surface area contributed by atoms with Gasteiger partial charge in [0.2, 0.25) is 0 Å². The first-order valence-corrected chi connectivity index (χ1v) is 8.43. The standard InChI is InChI=1S/C16H14N2O2S2/c1-20-13-6-3-2-5-11(13)9-17-15(19)12-10-22-16(18-12)14-7-4-8-21-14/h2-8,10H,9H2,1H3,(H,17,19). The molecule has 2 aromatic heterocycles. The van der Waals surface area contributed by atoms with E-state index in [1.165, 1.54) is 11.3 Å². The second kappa shape index (κ2) is 6.72. The van der Waals surface area contributed by atoms with Crippen molar-refractivity contribution in [3.05, 3.63) is 58.4 Å². The average molecular weight is 330 g/mol. The van der Waals surface area contributed by atoms with Crippen molar-refractivity contribution in [2.45, 2.75) is 6.54 Å². The van der Waals surface area contributed by atoms with E-state index in [0.717, 1.165) is 21.2 Å². The van der Waals surface area contributed by atoms with E-state index in [2.05, 4.69) is 10.3 Å². The zero-order valence-electron chi connectivity index (χ0n) is 11.9. The minimum Gasteiger partial charge on any atom is -0.496 e. The average Bonchev–Trinajstić information content (AvgIpc) is 3.23. The number of ether oxygens (including phenoxy) is 1. The van der Waals surface area contributed by atoms with Crippen molar-refractivity contribution >= 4 is 28.6 Å². The molecule has 1 amide bonds. The number of amides is 1. The molecule has 2 heterocycles. The van der Waals surface area contributed by atoms with Crippen LogP contribution in [-0.2, 0) is 6.54 Å². The highest BCUT2D eigenvalue weighted by molar-refractivity contribution is 7.20. The first-order valence-electron chi connectivity index (χ1n) is 6.67. The zero-order valence-corrected chi connectivity index (χ0v) is 13.5. The van der Waals surface area contributed by atoms with Crippen LogP contribution in [0, 0.1) is 0 Å². The number of nitrogens with one attached hydrogen (secondary N) is 1. The predicted molar refractivity (Wildman–Crippen MR) is 89.6 cm³/mol. The monoisotopic (exact) mass is 330 g/mol. The van der Waals surface area contributed by atoms with Crippen molar-refractivity contribution in [1.82, 2.24) is 10.3 Å². The molecule has 1 aromatic carbocycles. The number of carbonyl (C=O) groups excluding carboxylic acids is 1. The molecule has 0 unspecified atom stereocenters. The molecule has 1 N–H and O–H groups in total. The summed E-state index contributed by atoms with van der Waals surface area (Å²) >= 11 is 3.09. The van der Waals surface area contributed by atoms with Crippen LogP contribution in [0.25, 0.3) is 9.88 Å². The van der Waals surface area contributed by atoms with E-state index in [4.69, 9.17) is 4.74 Å². The third-order valence-electron chi connectivity index (χ3n) is 3.10. The highest BCUT2D eigenvalue weighted by atomic mass is 32.1. The summed E-state index contributed by atoms with van der Waals surface area (Å²) in [7, 11) is 1.62. The Bertz CT molecular complexity index is 766. The topological polar surface area (TPSA) is 51.2 Å². The van der Waals surface area contributed by atoms with E-state index in [0.29, 0.717) is 12.2 Å². The molecule has 0 aliphatic carbocycles. The lowest BCUT2D eigenvalue weighted by atomic mass is 10.2. The highest BCUT2D eigenvalue weighted by Crippen LogP contribution is 2.27. The maximum absolute atomic E-state index is 12.2. The van der Waals surface area contributed by atoms with Gasteiger partial charge in [0.05, 0.1) is 12.0 Å². The molecule has 0 atom stereocenters. The van der Waals surface area contributed by atoms with Crippen LogP contribution in [-0.4, -0.2) is 18.0 Å². The van der Waals surface area contributed by atoms with Crippen molar-refractivity contribution in [1.29, 1.82) is 0 Å². The lowest BCUT2D eigenvalue weighted by Gasteiger charge is -2.08. The highest BCUT2D eigenvalue weighted by Gasteiger charge is 2.12. The molecule has 3 rings (SSSR count). The second-order valence-corrected chi connectivity index (χ2v) is 6.32. The molecular formula is C16H14N2O2S2. The van der Waals surface area contributed by atoms with Crippen LogP contribution >= 0.6 is 22.7 Å². The summed E-state index contributed by atoms with van der Waals surface area (Å²) in [6, 6.07) is 11.6. The Kier molecular flexibility index (Phi) is 4.50. The fraction of sp³-hybridized carbons (Fsp3) is 0.125. The molecule has 0 radical (unpaired) electrons. The van der Waals surface area contributed by atoms with E-state index in [-0.39, 0.29) is 5.91 Å². The predicted octanol–water partition coefficient (Wildman–Crippen LogP) is 3.81. The summed E-state index contributed by atoms with van der Waals surface area (Å²) in [4.78, 5) is 17.7. The number of methoxy groups -OCH3 is 1. The van der Waals surface area contributed by atoms with Crippen molar-refractivity contribution in [2.75, 3.05) is 7.11 Å². The molecule has 4 nitrogen and oxygen atoms in total. The first-order chi connectivity index (χ1) is 10.8. The summed E-state index contributed by atoms with van der Waals surface area (Å²) in [5.74, 6) is 0.588. The molecule has 0 aliphatic rings. The van der Waals surface area contributed by atoms with Crippen molar-refractivity contribution < 1.29 is 9.53 Å². The van der Waals surface area contributed by atoms with Crippen molar-refractivity contribution in [2.24, 2.45) is 0 Å². The Morgan fingerprint density at radius 2 is 2.09 bits per heavy atom. The maximum atomic E-state index is 12.2. The molecular weight excluding hydrogens is 316 g/mol. The van der Waals surface area contributed by atoms with Crippen LogP contribution < -0.4 is 10.1 Å². The summed E-state index contributed by atoms with van der Waals surface area (Å²) in [6.45, 7) is 0.411. The summed E-state index contributed by atoms with van der Waals surface area (Å²) < 4.78 is 5.27. The Labute approximate surface area is 136 Å². The molecule has 0 bridgehead atoms. The van der Waals surface area contributed by atoms with Gasteiger partial charge in [-0.15, -0.1) is 22.7 Å². The first kappa shape index (κ1) is 14.7. The van der Waals surface area contributed by atoms with E-state index in [1.54, 1.807) is 23.8 Å². The van der Waals surface area contributed by atoms with Crippen LogP contribution in [0.4, 0.5) is 0 Å². The lowest BCUT2D eigenvalue weighted by molar-refractivity contribution is 0.0946. The van der Waals surface area contributed by atoms with Crippen LogP contribution in [0.5, 0.6) is 5.75 Å². The van der Waals surface area contributed by atoms with Crippen molar-refractivity contribution in [3.63, 3.8) is 0 Å². The Morgan fingerprint density at radius 3 is 2.86 bits per heavy atom. The Morgan fingerprint density at radius 1 is 1.23 bits per heavy atom. The fourth-order valence-electron chi connectivity index (χ4n) is 2.01. The second-order valence-electron chi connectivity index (χ2n) is 4.51. The van der Waals surface area contributed by atoms with Gasteiger partial charge in [-0.2, -0.15) is 0 Å². The third kappa shape index (κ3) is 3.18. The normalized spacial score (nSPS) is 10.4. The van der Waals surface area contributed by atoms with E-state index >= 15 is 0 Å². The molecule has 0 aliphatic heterocycles. The van der Waals surface area contributed by atoms with Gasteiger partial charge in [-0.05, 0) is 17.5 Å². The lowest BCUT2D eigenvalue weighted by Crippen LogP contribution is -2.23. The number of thiophene rings is 1. The molecule has 0 saturated carbocycles. The number of aromatic nitrogens is 1. The Hall–Kier alpha value is -2.18. The smallest absolute Gasteiger partial charge is 0.271 e. The summed E-state index contributed by atoms with van der Waals surface area (Å²) in [5, 5.41) is 7.53. The van der Waals surface area contributed by atoms with Gasteiger partial charge in [0.25, 0.3) is 5.91 Å². The minimum atomic E-state index is -0.176. The van der Waals surface area contributed by atoms with E-state index in [9.17, 15) is 4.79 Å². The van der Waals surface area contributed by atoms with Gasteiger partial charge in [0, 0.05) is 17.5 Å². The number of rotatable bonds is 5. The third-order valence-corrected chi connectivity index (χ3v) is 4.98. The maximum Gasteiger partial charge on any atom is 0.271 e. The zero-order chi connectivity index (χ0) is 15.4. The minimum absolute atomic E-state index is 0.176. The number of hydrogen-bond acceptors (Lipinski definition) is 5. The van der Waals surface area contributed by atoms with Gasteiger partial charge in [0.1, 0.15) is 16.5 Å². The Balaban J connectivity index is 1.67. The van der Waals surface area contributed by atoms with E-state index in [1.807, 2.05) is 41.8 Å². The number of carbonyl (C=O) groups is 1. The quantitative estimate of drug-likeness (QED) is 0.774. The van der Waals surface area contributed by atoms with Gasteiger partial charge >= 0.3 is 0 Å². The van der Waals surface area contributed by atoms with Crippen molar-refractivity contribution in [3.8, 4) is 15.6 Å². The largest absolute Gasteiger partial charge is 0.496 e.